The first-order valence-corrected chi connectivity index (χ1v) is 7.25. The van der Waals surface area contributed by atoms with Gasteiger partial charge in [0.25, 0.3) is 0 Å². The van der Waals surface area contributed by atoms with Gasteiger partial charge in [0, 0.05) is 5.38 Å². The Morgan fingerprint density at radius 2 is 2.15 bits per heavy atom. The topological polar surface area (TPSA) is 65.5 Å². The molecule has 0 radical (unpaired) electrons. The zero-order valence-corrected chi connectivity index (χ0v) is 13.4. The molecule has 1 aromatic rings. The van der Waals surface area contributed by atoms with E-state index in [9.17, 15) is 9.59 Å². The summed E-state index contributed by atoms with van der Waals surface area (Å²) in [7, 11) is 0. The molecule has 0 unspecified atom stereocenters. The van der Waals surface area contributed by atoms with Crippen LogP contribution >= 0.6 is 46.1 Å². The van der Waals surface area contributed by atoms with E-state index in [4.69, 9.17) is 39.5 Å². The fourth-order valence-electron chi connectivity index (χ4n) is 1.03. The fraction of sp³-hybridized carbons (Fsp3) is 0.364. The second kappa shape index (κ2) is 7.83. The molecule has 0 saturated heterocycles. The Morgan fingerprint density at radius 1 is 1.45 bits per heavy atom. The summed E-state index contributed by atoms with van der Waals surface area (Å²) in [6, 6.07) is 0. The molecular weight excluding hydrogens is 349 g/mol. The number of halogens is 3. The molecule has 0 saturated carbocycles. The van der Waals surface area contributed by atoms with Crippen molar-refractivity contribution < 1.29 is 19.1 Å². The molecule has 0 aromatic carbocycles. The molecule has 1 aromatic heterocycles. The van der Waals surface area contributed by atoms with Crippen molar-refractivity contribution in [1.29, 1.82) is 0 Å². The zero-order valence-electron chi connectivity index (χ0n) is 10.3. The smallest absolute Gasteiger partial charge is 0.430 e. The van der Waals surface area contributed by atoms with Crippen molar-refractivity contribution in [2.45, 2.75) is 17.3 Å². The molecule has 5 nitrogen and oxygen atoms in total. The maximum atomic E-state index is 11.2. The molecule has 110 valence electrons. The molecule has 0 bridgehead atoms. The Balaban J connectivity index is 2.43. The number of alkyl halides is 3. The van der Waals surface area contributed by atoms with Crippen LogP contribution < -0.4 is 0 Å². The van der Waals surface area contributed by atoms with Gasteiger partial charge in [0.1, 0.15) is 24.5 Å². The summed E-state index contributed by atoms with van der Waals surface area (Å²) in [4.78, 5) is 25.8. The number of thiazole rings is 1. The summed E-state index contributed by atoms with van der Waals surface area (Å²) < 4.78 is 7.69. The lowest BCUT2D eigenvalue weighted by Gasteiger charge is -2.10. The monoisotopic (exact) mass is 357 g/mol. The summed E-state index contributed by atoms with van der Waals surface area (Å²) in [5, 5.41) is 2.29. The van der Waals surface area contributed by atoms with Gasteiger partial charge >= 0.3 is 6.16 Å². The minimum atomic E-state index is -1.68. The van der Waals surface area contributed by atoms with Crippen LogP contribution in [-0.2, 0) is 20.9 Å². The first kappa shape index (κ1) is 17.2. The molecule has 0 aliphatic carbocycles. The van der Waals surface area contributed by atoms with Crippen LogP contribution in [0.15, 0.2) is 11.0 Å². The molecule has 1 heterocycles. The quantitative estimate of drug-likeness (QED) is 0.347. The Hall–Kier alpha value is -0.820. The van der Waals surface area contributed by atoms with E-state index in [-0.39, 0.29) is 6.61 Å². The van der Waals surface area contributed by atoms with Gasteiger partial charge in [-0.05, 0) is 18.6 Å². The van der Waals surface area contributed by atoms with Crippen LogP contribution in [0.1, 0.15) is 17.6 Å². The van der Waals surface area contributed by atoms with Crippen molar-refractivity contribution in [3.05, 3.63) is 21.7 Å². The van der Waals surface area contributed by atoms with Gasteiger partial charge < -0.3 is 9.47 Å². The van der Waals surface area contributed by atoms with Crippen LogP contribution in [-0.4, -0.2) is 27.8 Å². The van der Waals surface area contributed by atoms with Gasteiger partial charge in [0.2, 0.25) is 3.79 Å². The molecule has 0 aliphatic heterocycles. The molecule has 0 N–H and O–H groups in total. The third kappa shape index (κ3) is 7.09. The number of carbonyl (C=O) groups excluding carboxylic acids is 2. The number of aromatic nitrogens is 1. The van der Waals surface area contributed by atoms with Gasteiger partial charge in [-0.15, -0.1) is 11.3 Å². The van der Waals surface area contributed by atoms with Crippen molar-refractivity contribution in [1.82, 2.24) is 4.98 Å². The lowest BCUT2D eigenvalue weighted by Crippen LogP contribution is -2.17. The molecule has 9 heteroatoms. The molecule has 1 rings (SSSR count). The third-order valence-electron chi connectivity index (χ3n) is 1.80. The predicted molar refractivity (Wildman–Crippen MR) is 78.3 cm³/mol. The lowest BCUT2D eigenvalue weighted by atomic mass is 10.3. The second-order valence-electron chi connectivity index (χ2n) is 3.61. The number of aldehydes is 1. The van der Waals surface area contributed by atoms with E-state index in [0.717, 1.165) is 6.29 Å². The van der Waals surface area contributed by atoms with Crippen LogP contribution in [0.2, 0.25) is 0 Å². The van der Waals surface area contributed by atoms with Crippen molar-refractivity contribution in [2.24, 2.45) is 0 Å². The van der Waals surface area contributed by atoms with E-state index in [2.05, 4.69) is 9.72 Å². The highest BCUT2D eigenvalue weighted by molar-refractivity contribution is 7.09. The number of ether oxygens (including phenoxy) is 2. The van der Waals surface area contributed by atoms with Crippen LogP contribution in [0.3, 0.4) is 0 Å². The van der Waals surface area contributed by atoms with E-state index in [0.29, 0.717) is 16.3 Å². The maximum absolute atomic E-state index is 11.2. The first-order chi connectivity index (χ1) is 9.30. The summed E-state index contributed by atoms with van der Waals surface area (Å²) in [6.45, 7) is 1.20. The minimum absolute atomic E-state index is 0.0582. The zero-order chi connectivity index (χ0) is 15.2. The average Bonchev–Trinajstić information content (AvgIpc) is 2.80. The Bertz CT molecular complexity index is 510. The summed E-state index contributed by atoms with van der Waals surface area (Å²) in [5.74, 6) is 0. The highest BCUT2D eigenvalue weighted by atomic mass is 35.6. The minimum Gasteiger partial charge on any atom is -0.430 e. The molecule has 0 fully saturated rings. The van der Waals surface area contributed by atoms with Gasteiger partial charge in [-0.1, -0.05) is 34.8 Å². The summed E-state index contributed by atoms with van der Waals surface area (Å²) in [6.07, 6.45) is 1.39. The Kier molecular flexibility index (Phi) is 6.75. The standard InChI is InChI=1S/C11H10Cl3NO4S/c1-7(3-16)2-8-5-20-9(15-8)4-18-10(17)19-6-11(12,13)14/h2-3,5H,4,6H2,1H3/b7-2+. The van der Waals surface area contributed by atoms with Crippen LogP contribution in [0, 0.1) is 0 Å². The number of rotatable bonds is 5. The highest BCUT2D eigenvalue weighted by Gasteiger charge is 2.22. The van der Waals surface area contributed by atoms with Crippen molar-refractivity contribution >= 4 is 64.7 Å². The van der Waals surface area contributed by atoms with E-state index >= 15 is 0 Å². The van der Waals surface area contributed by atoms with E-state index < -0.39 is 16.6 Å². The van der Waals surface area contributed by atoms with Crippen molar-refractivity contribution in [3.8, 4) is 0 Å². The summed E-state index contributed by atoms with van der Waals surface area (Å²) in [5.41, 5.74) is 1.16. The Morgan fingerprint density at radius 3 is 2.75 bits per heavy atom. The maximum Gasteiger partial charge on any atom is 0.508 e. The molecule has 0 aliphatic rings. The number of hydrogen-bond acceptors (Lipinski definition) is 6. The predicted octanol–water partition coefficient (Wildman–Crippen LogP) is 3.77. The average molecular weight is 359 g/mol. The Labute approximate surface area is 134 Å². The van der Waals surface area contributed by atoms with Gasteiger partial charge in [-0.3, -0.25) is 4.79 Å². The van der Waals surface area contributed by atoms with Gasteiger partial charge in [-0.2, -0.15) is 0 Å². The first-order valence-electron chi connectivity index (χ1n) is 5.24. The van der Waals surface area contributed by atoms with Gasteiger partial charge in [-0.25, -0.2) is 9.78 Å². The number of nitrogens with zero attached hydrogens (tertiary/aromatic N) is 1. The largest absolute Gasteiger partial charge is 0.508 e. The van der Waals surface area contributed by atoms with E-state index in [1.54, 1.807) is 18.4 Å². The number of carbonyl (C=O) groups is 2. The van der Waals surface area contributed by atoms with Crippen molar-refractivity contribution in [3.63, 3.8) is 0 Å². The normalized spacial score (nSPS) is 12.1. The van der Waals surface area contributed by atoms with Crippen LogP contribution in [0.5, 0.6) is 0 Å². The van der Waals surface area contributed by atoms with E-state index in [1.165, 1.54) is 11.3 Å². The molecule has 0 amide bonds. The third-order valence-corrected chi connectivity index (χ3v) is 2.97. The lowest BCUT2D eigenvalue weighted by molar-refractivity contribution is -0.104. The van der Waals surface area contributed by atoms with Crippen molar-refractivity contribution in [2.75, 3.05) is 6.61 Å². The SMILES string of the molecule is C/C(C=O)=C\c1csc(COC(=O)OCC(Cl)(Cl)Cl)n1. The fourth-order valence-corrected chi connectivity index (χ4v) is 1.85. The van der Waals surface area contributed by atoms with Crippen LogP contribution in [0.4, 0.5) is 4.79 Å². The number of allylic oxidation sites excluding steroid dienone is 1. The number of hydrogen-bond donors (Lipinski definition) is 0. The van der Waals surface area contributed by atoms with E-state index in [1.807, 2.05) is 0 Å². The molecule has 0 atom stereocenters. The molecular formula is C11H10Cl3NO4S. The molecule has 20 heavy (non-hydrogen) atoms. The summed E-state index contributed by atoms with van der Waals surface area (Å²) >= 11 is 17.5. The van der Waals surface area contributed by atoms with Crippen LogP contribution in [0.25, 0.3) is 6.08 Å². The highest BCUT2D eigenvalue weighted by Crippen LogP contribution is 2.26. The van der Waals surface area contributed by atoms with Gasteiger partial charge in [0.15, 0.2) is 0 Å². The van der Waals surface area contributed by atoms with Gasteiger partial charge in [0.05, 0.1) is 5.69 Å². The second-order valence-corrected chi connectivity index (χ2v) is 7.07. The molecule has 0 spiro atoms.